The number of pyridine rings is 1. The Morgan fingerprint density at radius 3 is 2.92 bits per heavy atom. The van der Waals surface area contributed by atoms with Crippen LogP contribution in [0.1, 0.15) is 0 Å². The first-order valence-corrected chi connectivity index (χ1v) is 4.61. The number of aromatic nitrogens is 3. The second-order valence-electron chi connectivity index (χ2n) is 2.35. The van der Waals surface area contributed by atoms with Crippen molar-refractivity contribution in [1.82, 2.24) is 10.1 Å². The maximum Gasteiger partial charge on any atom is 0.346 e. The molecule has 2 rings (SSSR count). The summed E-state index contributed by atoms with van der Waals surface area (Å²) in [5.74, 6) is 0.903. The predicted octanol–water partition coefficient (Wildman–Crippen LogP) is 1.29. The van der Waals surface area contributed by atoms with Gasteiger partial charge in [0, 0.05) is 6.07 Å². The van der Waals surface area contributed by atoms with Crippen LogP contribution < -0.4 is 4.68 Å². The molecule has 0 radical (unpaired) electrons. The van der Waals surface area contributed by atoms with Gasteiger partial charge in [-0.1, -0.05) is 6.07 Å². The summed E-state index contributed by atoms with van der Waals surface area (Å²) in [6.45, 7) is 0. The summed E-state index contributed by atoms with van der Waals surface area (Å²) in [5.41, 5.74) is 0. The van der Waals surface area contributed by atoms with Crippen LogP contribution in [0.15, 0.2) is 36.8 Å². The molecule has 1 N–H and O–H groups in total. The second kappa shape index (κ2) is 3.22. The molecule has 0 fully saturated rings. The fourth-order valence-corrected chi connectivity index (χ4v) is 1.38. The molecule has 0 saturated heterocycles. The van der Waals surface area contributed by atoms with Crippen molar-refractivity contribution in [1.29, 1.82) is 0 Å². The van der Waals surface area contributed by atoms with Gasteiger partial charge < -0.3 is 0 Å². The van der Waals surface area contributed by atoms with E-state index in [0.29, 0.717) is 0 Å². The van der Waals surface area contributed by atoms with Crippen molar-refractivity contribution in [3.8, 4) is 5.82 Å². The molecule has 0 unspecified atom stereocenters. The van der Waals surface area contributed by atoms with Crippen molar-refractivity contribution >= 4 is 22.6 Å². The number of H-pyrrole nitrogens is 1. The molecule has 0 bridgehead atoms. The number of nitrogens with one attached hydrogen (secondary N) is 1. The normalized spacial score (nSPS) is 10.1. The first-order chi connectivity index (χ1) is 5.86. The molecule has 0 amide bonds. The number of rotatable bonds is 1. The van der Waals surface area contributed by atoms with E-state index < -0.39 is 0 Å². The number of halogens is 1. The zero-order valence-corrected chi connectivity index (χ0v) is 8.39. The van der Waals surface area contributed by atoms with Crippen molar-refractivity contribution in [2.45, 2.75) is 0 Å². The average Bonchev–Trinajstić information content (AvgIpc) is 2.54. The van der Waals surface area contributed by atoms with Gasteiger partial charge in [0.15, 0.2) is 0 Å². The van der Waals surface area contributed by atoms with Crippen LogP contribution in [0.25, 0.3) is 5.82 Å². The smallest absolute Gasteiger partial charge is 0.230 e. The Bertz CT molecular complexity index is 369. The highest BCUT2D eigenvalue weighted by Crippen LogP contribution is 1.98. The minimum atomic E-state index is 0.903. The molecule has 0 atom stereocenters. The summed E-state index contributed by atoms with van der Waals surface area (Å²) in [5, 5.41) is 3.07. The Labute approximate surface area is 83.6 Å². The molecule has 0 aliphatic rings. The molecule has 0 spiro atoms. The Balaban J connectivity index is 2.45. The maximum atomic E-state index is 4.19. The standard InChI is InChI=1S/C8H6IN3/c9-7-5-11-12(6-7)8-3-1-2-4-10-8/h1-6H/p+1. The van der Waals surface area contributed by atoms with Crippen LogP contribution in [0.2, 0.25) is 0 Å². The summed E-state index contributed by atoms with van der Waals surface area (Å²) in [6, 6.07) is 5.81. The minimum absolute atomic E-state index is 0.903. The second-order valence-corrected chi connectivity index (χ2v) is 3.59. The van der Waals surface area contributed by atoms with E-state index in [1.165, 1.54) is 3.57 Å². The first-order valence-electron chi connectivity index (χ1n) is 3.53. The molecule has 2 aromatic heterocycles. The van der Waals surface area contributed by atoms with Crippen molar-refractivity contribution in [3.63, 3.8) is 0 Å². The first kappa shape index (κ1) is 7.72. The lowest BCUT2D eigenvalue weighted by atomic mass is 10.5. The van der Waals surface area contributed by atoms with Crippen molar-refractivity contribution < 1.29 is 4.68 Å². The van der Waals surface area contributed by atoms with Crippen LogP contribution in [-0.2, 0) is 0 Å². The molecule has 12 heavy (non-hydrogen) atoms. The fourth-order valence-electron chi connectivity index (χ4n) is 0.958. The lowest BCUT2D eigenvalue weighted by Crippen LogP contribution is -2.32. The molecule has 0 aromatic carbocycles. The summed E-state index contributed by atoms with van der Waals surface area (Å²) in [6.07, 6.45) is 5.69. The monoisotopic (exact) mass is 272 g/mol. The van der Waals surface area contributed by atoms with E-state index in [9.17, 15) is 0 Å². The molecule has 0 saturated carbocycles. The van der Waals surface area contributed by atoms with E-state index in [-0.39, 0.29) is 0 Å². The van der Waals surface area contributed by atoms with E-state index >= 15 is 0 Å². The van der Waals surface area contributed by atoms with Crippen molar-refractivity contribution in [2.75, 3.05) is 0 Å². The highest BCUT2D eigenvalue weighted by atomic mass is 127. The van der Waals surface area contributed by atoms with Gasteiger partial charge in [-0.05, 0) is 33.6 Å². The zero-order valence-electron chi connectivity index (χ0n) is 6.24. The van der Waals surface area contributed by atoms with Gasteiger partial charge in [-0.25, -0.2) is 5.10 Å². The van der Waals surface area contributed by atoms with Crippen LogP contribution in [-0.4, -0.2) is 10.1 Å². The van der Waals surface area contributed by atoms with Gasteiger partial charge >= 0.3 is 5.82 Å². The van der Waals surface area contributed by atoms with Gasteiger partial charge in [-0.2, -0.15) is 0 Å². The third-order valence-corrected chi connectivity index (χ3v) is 2.08. The van der Waals surface area contributed by atoms with E-state index in [2.05, 4.69) is 32.7 Å². The van der Waals surface area contributed by atoms with Crippen LogP contribution in [0.4, 0.5) is 0 Å². The van der Waals surface area contributed by atoms with Crippen LogP contribution >= 0.6 is 22.6 Å². The largest absolute Gasteiger partial charge is 0.346 e. The van der Waals surface area contributed by atoms with E-state index in [0.717, 1.165) is 5.82 Å². The van der Waals surface area contributed by atoms with E-state index in [1.807, 2.05) is 35.3 Å². The molecular weight excluding hydrogens is 265 g/mol. The quantitative estimate of drug-likeness (QED) is 0.615. The number of hydrogen-bond donors (Lipinski definition) is 1. The SMILES string of the molecule is Ic1c[nH][n+](-c2ccccn2)c1. The molecule has 60 valence electrons. The summed E-state index contributed by atoms with van der Waals surface area (Å²) < 4.78 is 3.04. The van der Waals surface area contributed by atoms with Gasteiger partial charge in [-0.15, -0.1) is 4.68 Å². The summed E-state index contributed by atoms with van der Waals surface area (Å²) >= 11 is 2.25. The van der Waals surface area contributed by atoms with Gasteiger partial charge in [-0.3, -0.25) is 0 Å². The van der Waals surface area contributed by atoms with Gasteiger partial charge in [0.2, 0.25) is 0 Å². The minimum Gasteiger partial charge on any atom is -0.230 e. The molecule has 3 nitrogen and oxygen atoms in total. The Morgan fingerprint density at radius 2 is 2.33 bits per heavy atom. The van der Waals surface area contributed by atoms with Crippen molar-refractivity contribution in [2.24, 2.45) is 0 Å². The fraction of sp³-hybridized carbons (Fsp3) is 0. The Hall–Kier alpha value is -0.910. The highest BCUT2D eigenvalue weighted by Gasteiger charge is 2.06. The van der Waals surface area contributed by atoms with Crippen molar-refractivity contribution in [3.05, 3.63) is 40.4 Å². The number of nitrogens with zero attached hydrogens (tertiary/aromatic N) is 2. The number of hydrogen-bond acceptors (Lipinski definition) is 1. The molecule has 2 heterocycles. The third-order valence-electron chi connectivity index (χ3n) is 1.49. The molecular formula is C8H7IN3+. The van der Waals surface area contributed by atoms with Crippen LogP contribution in [0, 0.1) is 3.57 Å². The molecule has 0 aliphatic carbocycles. The van der Waals surface area contributed by atoms with E-state index in [1.54, 1.807) is 6.20 Å². The van der Waals surface area contributed by atoms with Gasteiger partial charge in [0.05, 0.1) is 9.77 Å². The van der Waals surface area contributed by atoms with Gasteiger partial charge in [0.1, 0.15) is 12.4 Å². The van der Waals surface area contributed by atoms with Crippen LogP contribution in [0.5, 0.6) is 0 Å². The molecule has 4 heteroatoms. The lowest BCUT2D eigenvalue weighted by Gasteiger charge is -1.86. The zero-order chi connectivity index (χ0) is 8.39. The van der Waals surface area contributed by atoms with Crippen LogP contribution in [0.3, 0.4) is 0 Å². The maximum absolute atomic E-state index is 4.19. The third kappa shape index (κ3) is 1.47. The number of aromatic amines is 1. The Kier molecular flexibility index (Phi) is 2.07. The van der Waals surface area contributed by atoms with E-state index in [4.69, 9.17) is 0 Å². The average molecular weight is 272 g/mol. The topological polar surface area (TPSA) is 32.6 Å². The Morgan fingerprint density at radius 1 is 1.42 bits per heavy atom. The predicted molar refractivity (Wildman–Crippen MR) is 52.8 cm³/mol. The lowest BCUT2D eigenvalue weighted by molar-refractivity contribution is -0.659. The van der Waals surface area contributed by atoms with Gasteiger partial charge in [0.25, 0.3) is 0 Å². The highest BCUT2D eigenvalue weighted by molar-refractivity contribution is 14.1. The molecule has 0 aliphatic heterocycles. The summed E-state index contributed by atoms with van der Waals surface area (Å²) in [4.78, 5) is 4.19. The summed E-state index contributed by atoms with van der Waals surface area (Å²) in [7, 11) is 0. The molecule has 2 aromatic rings.